The molecule has 0 saturated heterocycles. The van der Waals surface area contributed by atoms with Gasteiger partial charge in [0.2, 0.25) is 5.95 Å². The van der Waals surface area contributed by atoms with Crippen molar-refractivity contribution in [2.24, 2.45) is 5.92 Å². The third-order valence-electron chi connectivity index (χ3n) is 4.70. The molecule has 7 nitrogen and oxygen atoms in total. The molecular weight excluding hydrogens is 326 g/mol. The molecule has 4 rings (SSSR count). The Morgan fingerprint density at radius 1 is 1.08 bits per heavy atom. The largest absolute Gasteiger partial charge is 0.329 e. The number of benzene rings is 1. The van der Waals surface area contributed by atoms with Gasteiger partial charge >= 0.3 is 0 Å². The predicted molar refractivity (Wildman–Crippen MR) is 98.5 cm³/mol. The highest BCUT2D eigenvalue weighted by atomic mass is 15.6. The maximum atomic E-state index is 4.76. The molecular formula is C19H23N7. The molecule has 1 aliphatic heterocycles. The van der Waals surface area contributed by atoms with Crippen molar-refractivity contribution in [3.63, 3.8) is 0 Å². The third kappa shape index (κ3) is 3.16. The lowest BCUT2D eigenvalue weighted by Crippen LogP contribution is -2.22. The Balaban J connectivity index is 1.57. The van der Waals surface area contributed by atoms with Crippen LogP contribution in [0.1, 0.15) is 49.5 Å². The number of tetrazole rings is 1. The molecule has 1 aromatic carbocycles. The highest BCUT2D eigenvalue weighted by molar-refractivity contribution is 5.40. The second-order valence-electron chi connectivity index (χ2n) is 7.22. The summed E-state index contributed by atoms with van der Waals surface area (Å²) in [5.41, 5.74) is 3.41. The predicted octanol–water partition coefficient (Wildman–Crippen LogP) is 2.79. The van der Waals surface area contributed by atoms with Crippen LogP contribution in [0, 0.1) is 5.92 Å². The van der Waals surface area contributed by atoms with Crippen molar-refractivity contribution in [2.75, 3.05) is 4.90 Å². The van der Waals surface area contributed by atoms with E-state index in [1.54, 1.807) is 0 Å². The van der Waals surface area contributed by atoms with Gasteiger partial charge in [0.05, 0.1) is 18.3 Å². The first-order valence-electron chi connectivity index (χ1n) is 9.03. The van der Waals surface area contributed by atoms with Crippen LogP contribution in [0.25, 0.3) is 0 Å². The van der Waals surface area contributed by atoms with E-state index in [1.165, 1.54) is 5.56 Å². The first kappa shape index (κ1) is 16.6. The number of nitrogens with zero attached hydrogens (tertiary/aromatic N) is 7. The molecule has 0 bridgehead atoms. The quantitative estimate of drug-likeness (QED) is 0.705. The highest BCUT2D eigenvalue weighted by Gasteiger charge is 2.27. The number of hydrogen-bond acceptors (Lipinski definition) is 6. The van der Waals surface area contributed by atoms with Gasteiger partial charge in [-0.05, 0) is 28.8 Å². The lowest BCUT2D eigenvalue weighted by atomic mass is 10.1. The molecule has 3 aromatic rings. The van der Waals surface area contributed by atoms with E-state index in [0.29, 0.717) is 12.5 Å². The summed E-state index contributed by atoms with van der Waals surface area (Å²) in [6.07, 6.45) is 2.85. The number of aromatic nitrogens is 6. The molecule has 1 aliphatic rings. The van der Waals surface area contributed by atoms with Crippen molar-refractivity contribution in [2.45, 2.75) is 46.3 Å². The van der Waals surface area contributed by atoms with Gasteiger partial charge in [0.1, 0.15) is 5.82 Å². The van der Waals surface area contributed by atoms with Crippen molar-refractivity contribution >= 4 is 5.95 Å². The summed E-state index contributed by atoms with van der Waals surface area (Å²) < 4.78 is 1.88. The second kappa shape index (κ2) is 6.82. The number of fused-ring (bicyclic) bond motifs is 1. The van der Waals surface area contributed by atoms with Crippen LogP contribution in [0.4, 0.5) is 5.95 Å². The fourth-order valence-electron chi connectivity index (χ4n) is 3.32. The maximum Gasteiger partial charge on any atom is 0.246 e. The van der Waals surface area contributed by atoms with Crippen LogP contribution in [0.3, 0.4) is 0 Å². The number of anilines is 1. The first-order chi connectivity index (χ1) is 12.6. The molecule has 0 radical (unpaired) electrons. The van der Waals surface area contributed by atoms with E-state index < -0.39 is 0 Å². The van der Waals surface area contributed by atoms with Crippen LogP contribution in [0.5, 0.6) is 0 Å². The number of hydrogen-bond donors (Lipinski definition) is 0. The molecule has 0 spiro atoms. The van der Waals surface area contributed by atoms with Crippen LogP contribution in [-0.2, 0) is 19.5 Å². The zero-order chi connectivity index (χ0) is 18.1. The monoisotopic (exact) mass is 349 g/mol. The van der Waals surface area contributed by atoms with Crippen molar-refractivity contribution in [3.8, 4) is 0 Å². The minimum absolute atomic E-state index is 0.0625. The summed E-state index contributed by atoms with van der Waals surface area (Å²) >= 11 is 0. The van der Waals surface area contributed by atoms with Crippen molar-refractivity contribution in [3.05, 3.63) is 59.2 Å². The molecule has 0 N–H and O–H groups in total. The zero-order valence-corrected chi connectivity index (χ0v) is 15.4. The summed E-state index contributed by atoms with van der Waals surface area (Å²) in [7, 11) is 0. The van der Waals surface area contributed by atoms with Crippen LogP contribution in [0.2, 0.25) is 0 Å². The van der Waals surface area contributed by atoms with Gasteiger partial charge in [-0.25, -0.2) is 14.6 Å². The number of rotatable bonds is 5. The molecule has 134 valence electrons. The van der Waals surface area contributed by atoms with Crippen molar-refractivity contribution in [1.29, 1.82) is 0 Å². The average molecular weight is 349 g/mol. The van der Waals surface area contributed by atoms with E-state index in [1.807, 2.05) is 29.1 Å². The second-order valence-corrected chi connectivity index (χ2v) is 7.22. The van der Waals surface area contributed by atoms with Gasteiger partial charge in [0.25, 0.3) is 0 Å². The van der Waals surface area contributed by atoms with E-state index in [-0.39, 0.29) is 6.04 Å². The Labute approximate surface area is 153 Å². The molecule has 0 saturated carbocycles. The Morgan fingerprint density at radius 2 is 1.88 bits per heavy atom. The molecule has 0 fully saturated rings. The minimum Gasteiger partial charge on any atom is -0.329 e. The van der Waals surface area contributed by atoms with E-state index in [0.717, 1.165) is 36.0 Å². The summed E-state index contributed by atoms with van der Waals surface area (Å²) in [6, 6.07) is 10.3. The zero-order valence-electron chi connectivity index (χ0n) is 15.4. The fourth-order valence-corrected chi connectivity index (χ4v) is 3.32. The molecule has 7 heteroatoms. The maximum absolute atomic E-state index is 4.76. The molecule has 26 heavy (non-hydrogen) atoms. The molecule has 1 atom stereocenters. The summed E-state index contributed by atoms with van der Waals surface area (Å²) in [4.78, 5) is 11.4. The van der Waals surface area contributed by atoms with Gasteiger partial charge in [0, 0.05) is 24.7 Å². The van der Waals surface area contributed by atoms with Crippen LogP contribution in [-0.4, -0.2) is 30.2 Å². The summed E-state index contributed by atoms with van der Waals surface area (Å²) in [5, 5.41) is 12.4. The minimum atomic E-state index is 0.0625. The smallest absolute Gasteiger partial charge is 0.246 e. The Bertz CT molecular complexity index is 888. The van der Waals surface area contributed by atoms with Gasteiger partial charge < -0.3 is 4.90 Å². The van der Waals surface area contributed by atoms with Crippen LogP contribution >= 0.6 is 0 Å². The van der Waals surface area contributed by atoms with Crippen molar-refractivity contribution < 1.29 is 0 Å². The van der Waals surface area contributed by atoms with Gasteiger partial charge in [-0.1, -0.05) is 49.3 Å². The van der Waals surface area contributed by atoms with Gasteiger partial charge in [-0.3, -0.25) is 0 Å². The fraction of sp³-hybridized carbons (Fsp3) is 0.421. The van der Waals surface area contributed by atoms with Gasteiger partial charge in [0.15, 0.2) is 0 Å². The summed E-state index contributed by atoms with van der Waals surface area (Å²) in [6.45, 7) is 7.92. The Hall–Kier alpha value is -2.83. The highest BCUT2D eigenvalue weighted by Crippen LogP contribution is 2.28. The van der Waals surface area contributed by atoms with E-state index in [2.05, 4.69) is 58.3 Å². The lowest BCUT2D eigenvalue weighted by molar-refractivity contribution is 0.536. The van der Waals surface area contributed by atoms with Crippen molar-refractivity contribution in [1.82, 2.24) is 30.2 Å². The topological polar surface area (TPSA) is 72.6 Å². The molecule has 0 aliphatic carbocycles. The van der Waals surface area contributed by atoms with E-state index in [4.69, 9.17) is 4.98 Å². The molecule has 0 unspecified atom stereocenters. The molecule has 2 aromatic heterocycles. The lowest BCUT2D eigenvalue weighted by Gasteiger charge is -2.19. The first-order valence-corrected chi connectivity index (χ1v) is 9.03. The SMILES string of the molecule is CC(C)Cc1ncc2c(n1)CN(c1nnnn1[C@H](C)c1ccccc1)C2. The van der Waals surface area contributed by atoms with E-state index in [9.17, 15) is 0 Å². The summed E-state index contributed by atoms with van der Waals surface area (Å²) in [5.74, 6) is 2.23. The third-order valence-corrected chi connectivity index (χ3v) is 4.70. The normalized spacial score (nSPS) is 14.7. The molecule has 3 heterocycles. The molecule has 0 amide bonds. The Morgan fingerprint density at radius 3 is 2.65 bits per heavy atom. The van der Waals surface area contributed by atoms with Crippen LogP contribution in [0.15, 0.2) is 36.5 Å². The van der Waals surface area contributed by atoms with E-state index >= 15 is 0 Å². The van der Waals surface area contributed by atoms with Crippen LogP contribution < -0.4 is 4.90 Å². The Kier molecular flexibility index (Phi) is 4.36. The average Bonchev–Trinajstić information content (AvgIpc) is 3.27. The van der Waals surface area contributed by atoms with Gasteiger partial charge in [-0.15, -0.1) is 0 Å². The van der Waals surface area contributed by atoms with Gasteiger partial charge in [-0.2, -0.15) is 0 Å². The standard InChI is InChI=1S/C19H23N7/c1-13(2)9-18-20-10-16-11-25(12-17(16)21-18)19-22-23-24-26(19)14(3)15-7-5-4-6-8-15/h4-8,10,13-14H,9,11-12H2,1-3H3/t14-/m1/s1.